The van der Waals surface area contributed by atoms with Gasteiger partial charge < -0.3 is 5.32 Å². The van der Waals surface area contributed by atoms with Crippen LogP contribution in [0.3, 0.4) is 0 Å². The van der Waals surface area contributed by atoms with Gasteiger partial charge in [-0.05, 0) is 29.8 Å². The molecule has 0 amide bonds. The number of nitrogens with one attached hydrogen (secondary N) is 1. The molecule has 0 bridgehead atoms. The third kappa shape index (κ3) is 3.60. The molecule has 20 heavy (non-hydrogen) atoms. The molecule has 0 spiro atoms. The third-order valence-corrected chi connectivity index (χ3v) is 4.42. The lowest BCUT2D eigenvalue weighted by atomic mass is 10.3. The van der Waals surface area contributed by atoms with Gasteiger partial charge in [-0.25, -0.2) is 13.4 Å². The van der Waals surface area contributed by atoms with Gasteiger partial charge in [0.15, 0.2) is 15.7 Å². The fourth-order valence-corrected chi connectivity index (χ4v) is 2.94. The van der Waals surface area contributed by atoms with Crippen molar-refractivity contribution in [2.45, 2.75) is 4.90 Å². The number of nitrogens with zero attached hydrogens (tertiary/aromatic N) is 2. The van der Waals surface area contributed by atoms with E-state index in [1.807, 2.05) is 0 Å². The van der Waals surface area contributed by atoms with Crippen molar-refractivity contribution in [3.63, 3.8) is 0 Å². The first-order chi connectivity index (χ1) is 9.27. The van der Waals surface area contributed by atoms with Gasteiger partial charge in [0.25, 0.3) is 0 Å². The topological polar surface area (TPSA) is 72.0 Å². The number of sulfone groups is 1. The molecule has 1 aromatic carbocycles. The SMILES string of the molecule is CS(=O)(=O)c1ccc(Br)cc1Nc1nc(Cl)ncc1Cl. The second kappa shape index (κ2) is 5.85. The van der Waals surface area contributed by atoms with E-state index in [4.69, 9.17) is 23.2 Å². The quantitative estimate of drug-likeness (QED) is 0.801. The zero-order valence-corrected chi connectivity index (χ0v) is 14.0. The Morgan fingerprint density at radius 2 is 2.00 bits per heavy atom. The van der Waals surface area contributed by atoms with Gasteiger partial charge in [-0.1, -0.05) is 27.5 Å². The fraction of sp³-hybridized carbons (Fsp3) is 0.0909. The standard InChI is InChI=1S/C11H8BrCl2N3O2S/c1-20(18,19)9-3-2-6(12)4-8(9)16-10-7(13)5-15-11(14)17-10/h2-5H,1H3,(H,15,16,17). The summed E-state index contributed by atoms with van der Waals surface area (Å²) in [7, 11) is -3.40. The Morgan fingerprint density at radius 1 is 1.30 bits per heavy atom. The van der Waals surface area contributed by atoms with Crippen LogP contribution in [-0.2, 0) is 9.84 Å². The van der Waals surface area contributed by atoms with E-state index in [1.165, 1.54) is 12.3 Å². The monoisotopic (exact) mass is 395 g/mol. The number of hydrogen-bond acceptors (Lipinski definition) is 5. The first-order valence-corrected chi connectivity index (χ1v) is 8.66. The molecule has 0 atom stereocenters. The molecular formula is C11H8BrCl2N3O2S. The molecule has 2 rings (SSSR count). The number of aromatic nitrogens is 2. The van der Waals surface area contributed by atoms with Crippen molar-refractivity contribution in [2.75, 3.05) is 11.6 Å². The number of benzene rings is 1. The van der Waals surface area contributed by atoms with Crippen LogP contribution >= 0.6 is 39.1 Å². The predicted molar refractivity (Wildman–Crippen MR) is 82.6 cm³/mol. The highest BCUT2D eigenvalue weighted by Gasteiger charge is 2.15. The largest absolute Gasteiger partial charge is 0.338 e. The van der Waals surface area contributed by atoms with E-state index >= 15 is 0 Å². The Morgan fingerprint density at radius 3 is 2.65 bits per heavy atom. The van der Waals surface area contributed by atoms with Crippen LogP contribution in [0, 0.1) is 0 Å². The summed E-state index contributed by atoms with van der Waals surface area (Å²) in [5.74, 6) is 0.231. The normalized spacial score (nSPS) is 11.4. The molecule has 0 saturated heterocycles. The van der Waals surface area contributed by atoms with Crippen molar-refractivity contribution in [2.24, 2.45) is 0 Å². The highest BCUT2D eigenvalue weighted by Crippen LogP contribution is 2.30. The smallest absolute Gasteiger partial charge is 0.224 e. The summed E-state index contributed by atoms with van der Waals surface area (Å²) in [5.41, 5.74) is 0.346. The second-order valence-corrected chi connectivity index (χ2v) is 7.52. The van der Waals surface area contributed by atoms with Crippen LogP contribution < -0.4 is 5.32 Å². The highest BCUT2D eigenvalue weighted by atomic mass is 79.9. The van der Waals surface area contributed by atoms with Crippen molar-refractivity contribution in [1.29, 1.82) is 0 Å². The summed E-state index contributed by atoms with van der Waals surface area (Å²) >= 11 is 14.9. The molecular weight excluding hydrogens is 389 g/mol. The Kier molecular flexibility index (Phi) is 4.53. The minimum Gasteiger partial charge on any atom is -0.338 e. The minimum atomic E-state index is -3.40. The van der Waals surface area contributed by atoms with Crippen LogP contribution in [0.4, 0.5) is 11.5 Å². The number of anilines is 2. The molecule has 1 N–H and O–H groups in total. The van der Waals surface area contributed by atoms with Crippen LogP contribution in [0.1, 0.15) is 0 Å². The summed E-state index contributed by atoms with van der Waals surface area (Å²) in [6.07, 6.45) is 2.45. The highest BCUT2D eigenvalue weighted by molar-refractivity contribution is 9.10. The third-order valence-electron chi connectivity index (χ3n) is 2.31. The van der Waals surface area contributed by atoms with Gasteiger partial charge in [0.05, 0.1) is 16.8 Å². The van der Waals surface area contributed by atoms with E-state index in [0.717, 1.165) is 6.26 Å². The van der Waals surface area contributed by atoms with Crippen molar-refractivity contribution >= 4 is 60.5 Å². The van der Waals surface area contributed by atoms with Gasteiger partial charge in [-0.3, -0.25) is 0 Å². The molecule has 1 heterocycles. The van der Waals surface area contributed by atoms with Crippen LogP contribution in [-0.4, -0.2) is 24.6 Å². The number of rotatable bonds is 3. The molecule has 106 valence electrons. The summed E-state index contributed by atoms with van der Waals surface area (Å²) in [5, 5.41) is 3.09. The molecule has 0 aliphatic rings. The van der Waals surface area contributed by atoms with Crippen molar-refractivity contribution < 1.29 is 8.42 Å². The summed E-state index contributed by atoms with van der Waals surface area (Å²) < 4.78 is 24.2. The van der Waals surface area contributed by atoms with E-state index in [-0.39, 0.29) is 21.0 Å². The van der Waals surface area contributed by atoms with Crippen molar-refractivity contribution in [3.05, 3.63) is 39.2 Å². The summed E-state index contributed by atoms with van der Waals surface area (Å²) in [4.78, 5) is 7.78. The Bertz CT molecular complexity index is 768. The van der Waals surface area contributed by atoms with Gasteiger partial charge in [0.1, 0.15) is 5.02 Å². The zero-order valence-electron chi connectivity index (χ0n) is 10.1. The Labute approximate surface area is 134 Å². The maximum Gasteiger partial charge on any atom is 0.224 e. The molecule has 0 aliphatic carbocycles. The van der Waals surface area contributed by atoms with E-state index < -0.39 is 9.84 Å². The molecule has 0 fully saturated rings. The zero-order chi connectivity index (χ0) is 14.9. The van der Waals surface area contributed by atoms with E-state index in [0.29, 0.717) is 10.2 Å². The van der Waals surface area contributed by atoms with Crippen LogP contribution in [0.2, 0.25) is 10.3 Å². The maximum atomic E-state index is 11.8. The predicted octanol–water partition coefficient (Wildman–Crippen LogP) is 3.69. The van der Waals surface area contributed by atoms with E-state index in [2.05, 4.69) is 31.2 Å². The average molecular weight is 397 g/mol. The van der Waals surface area contributed by atoms with Crippen LogP contribution in [0.5, 0.6) is 0 Å². The van der Waals surface area contributed by atoms with Crippen LogP contribution in [0.25, 0.3) is 0 Å². The molecule has 5 nitrogen and oxygen atoms in total. The summed E-state index contributed by atoms with van der Waals surface area (Å²) in [6.45, 7) is 0. The van der Waals surface area contributed by atoms with E-state index in [1.54, 1.807) is 12.1 Å². The van der Waals surface area contributed by atoms with Gasteiger partial charge >= 0.3 is 0 Å². The molecule has 0 saturated carbocycles. The fourth-order valence-electron chi connectivity index (χ4n) is 1.48. The molecule has 0 aliphatic heterocycles. The lowest BCUT2D eigenvalue weighted by Gasteiger charge is -2.11. The molecule has 0 unspecified atom stereocenters. The molecule has 1 aromatic heterocycles. The maximum absolute atomic E-state index is 11.8. The lowest BCUT2D eigenvalue weighted by Crippen LogP contribution is -2.04. The summed E-state index contributed by atoms with van der Waals surface area (Å²) in [6, 6.07) is 4.73. The van der Waals surface area contributed by atoms with E-state index in [9.17, 15) is 8.42 Å². The number of hydrogen-bond donors (Lipinski definition) is 1. The van der Waals surface area contributed by atoms with Crippen LogP contribution in [0.15, 0.2) is 33.8 Å². The first-order valence-electron chi connectivity index (χ1n) is 5.22. The van der Waals surface area contributed by atoms with Gasteiger partial charge in [0, 0.05) is 10.7 Å². The first kappa shape index (κ1) is 15.5. The van der Waals surface area contributed by atoms with Crippen molar-refractivity contribution in [3.8, 4) is 0 Å². The van der Waals surface area contributed by atoms with Gasteiger partial charge in [0.2, 0.25) is 5.28 Å². The Hall–Kier alpha value is -0.890. The number of halogens is 3. The molecule has 9 heteroatoms. The van der Waals surface area contributed by atoms with Crippen molar-refractivity contribution in [1.82, 2.24) is 9.97 Å². The van der Waals surface area contributed by atoms with Gasteiger partial charge in [-0.15, -0.1) is 0 Å². The second-order valence-electron chi connectivity index (χ2n) is 3.87. The molecule has 0 radical (unpaired) electrons. The van der Waals surface area contributed by atoms with Gasteiger partial charge in [-0.2, -0.15) is 4.98 Å². The minimum absolute atomic E-state index is 0.00722. The molecule has 2 aromatic rings. The average Bonchev–Trinajstić information content (AvgIpc) is 2.32. The lowest BCUT2D eigenvalue weighted by molar-refractivity contribution is 0.602. The Balaban J connectivity index is 2.53.